The van der Waals surface area contributed by atoms with Gasteiger partial charge in [0.1, 0.15) is 5.75 Å². The van der Waals surface area contributed by atoms with Crippen molar-refractivity contribution < 1.29 is 14.1 Å². The molecule has 144 valence electrons. The minimum atomic E-state index is -0.0976. The van der Waals surface area contributed by atoms with E-state index in [1.54, 1.807) is 13.2 Å². The van der Waals surface area contributed by atoms with Crippen molar-refractivity contribution in [1.82, 2.24) is 15.5 Å². The Morgan fingerprint density at radius 3 is 2.54 bits per heavy atom. The summed E-state index contributed by atoms with van der Waals surface area (Å²) in [4.78, 5) is 17.4. The molecule has 1 aliphatic carbocycles. The van der Waals surface area contributed by atoms with Gasteiger partial charge in [0.05, 0.1) is 23.8 Å². The van der Waals surface area contributed by atoms with Crippen molar-refractivity contribution in [3.8, 4) is 28.6 Å². The molecule has 1 aromatic heterocycles. The van der Waals surface area contributed by atoms with Crippen molar-refractivity contribution in [3.05, 3.63) is 54.1 Å². The Bertz CT molecular complexity index is 961. The molecule has 0 radical (unpaired) electrons. The number of methoxy groups -OCH3 is 1. The zero-order valence-corrected chi connectivity index (χ0v) is 15.9. The van der Waals surface area contributed by atoms with Crippen molar-refractivity contribution in [1.29, 1.82) is 0 Å². The highest BCUT2D eigenvalue weighted by molar-refractivity contribution is 6.00. The molecule has 1 amide bonds. The second-order valence-electron chi connectivity index (χ2n) is 6.98. The molecule has 0 bridgehead atoms. The van der Waals surface area contributed by atoms with Crippen LogP contribution in [0.25, 0.3) is 22.8 Å². The highest BCUT2D eigenvalue weighted by Gasteiger charge is 2.22. The molecule has 6 nitrogen and oxygen atoms in total. The fourth-order valence-corrected chi connectivity index (χ4v) is 3.65. The van der Waals surface area contributed by atoms with Crippen molar-refractivity contribution in [3.63, 3.8) is 0 Å². The second-order valence-corrected chi connectivity index (χ2v) is 6.98. The number of nitrogens with zero attached hydrogens (tertiary/aromatic N) is 2. The minimum absolute atomic E-state index is 0.0976. The lowest BCUT2D eigenvalue weighted by Crippen LogP contribution is -2.36. The molecule has 2 aromatic carbocycles. The van der Waals surface area contributed by atoms with Crippen LogP contribution in [-0.2, 0) is 0 Å². The molecule has 28 heavy (non-hydrogen) atoms. The zero-order valence-electron chi connectivity index (χ0n) is 15.9. The molecule has 4 rings (SSSR count). The van der Waals surface area contributed by atoms with Gasteiger partial charge < -0.3 is 14.6 Å². The van der Waals surface area contributed by atoms with E-state index in [1.807, 2.05) is 42.5 Å². The predicted octanol–water partition coefficient (Wildman–Crippen LogP) is 4.47. The highest BCUT2D eigenvalue weighted by atomic mass is 16.5. The van der Waals surface area contributed by atoms with Crippen LogP contribution in [0.5, 0.6) is 5.75 Å². The fourth-order valence-electron chi connectivity index (χ4n) is 3.65. The average molecular weight is 377 g/mol. The van der Waals surface area contributed by atoms with Crippen LogP contribution in [0.1, 0.15) is 42.5 Å². The van der Waals surface area contributed by atoms with Gasteiger partial charge in [-0.05, 0) is 37.1 Å². The normalized spacial score (nSPS) is 14.6. The third-order valence-corrected chi connectivity index (χ3v) is 5.12. The Hall–Kier alpha value is -3.15. The second kappa shape index (κ2) is 8.25. The van der Waals surface area contributed by atoms with Gasteiger partial charge in [-0.15, -0.1) is 0 Å². The van der Waals surface area contributed by atoms with Gasteiger partial charge in [0, 0.05) is 6.04 Å². The lowest BCUT2D eigenvalue weighted by molar-refractivity contribution is 0.0928. The zero-order chi connectivity index (χ0) is 19.3. The summed E-state index contributed by atoms with van der Waals surface area (Å²) in [7, 11) is 1.60. The van der Waals surface area contributed by atoms with Crippen molar-refractivity contribution in [2.75, 3.05) is 7.11 Å². The maximum Gasteiger partial charge on any atom is 0.259 e. The van der Waals surface area contributed by atoms with E-state index in [-0.39, 0.29) is 11.9 Å². The number of benzene rings is 2. The summed E-state index contributed by atoms with van der Waals surface area (Å²) in [6, 6.07) is 15.0. The van der Waals surface area contributed by atoms with Gasteiger partial charge >= 0.3 is 0 Å². The average Bonchev–Trinajstić information content (AvgIpc) is 3.24. The molecular formula is C22H23N3O3. The standard InChI is InChI=1S/C22H23N3O3/c1-27-19-14-8-7-13-18(19)20-24-22(28-25-20)17-12-6-5-11-16(17)21(26)23-15-9-3-2-4-10-15/h5-8,11-15H,2-4,9-10H2,1H3,(H,23,26). The number of carbonyl (C=O) groups excluding carboxylic acids is 1. The third kappa shape index (κ3) is 3.76. The summed E-state index contributed by atoms with van der Waals surface area (Å²) in [5, 5.41) is 7.24. The van der Waals surface area contributed by atoms with Crippen molar-refractivity contribution in [2.45, 2.75) is 38.1 Å². The number of carbonyl (C=O) groups is 1. The molecule has 1 fully saturated rings. The Kier molecular flexibility index (Phi) is 5.37. The van der Waals surface area contributed by atoms with Crippen LogP contribution >= 0.6 is 0 Å². The van der Waals surface area contributed by atoms with E-state index in [2.05, 4.69) is 15.5 Å². The quantitative estimate of drug-likeness (QED) is 0.710. The van der Waals surface area contributed by atoms with Crippen LogP contribution in [-0.4, -0.2) is 29.2 Å². The maximum atomic E-state index is 12.9. The van der Waals surface area contributed by atoms with Gasteiger partial charge in [-0.2, -0.15) is 4.98 Å². The van der Waals surface area contributed by atoms with Crippen LogP contribution < -0.4 is 10.1 Å². The number of para-hydroxylation sites is 1. The number of hydrogen-bond acceptors (Lipinski definition) is 5. The van der Waals surface area contributed by atoms with Crippen molar-refractivity contribution in [2.24, 2.45) is 0 Å². The topological polar surface area (TPSA) is 77.2 Å². The molecule has 0 saturated heterocycles. The molecule has 0 spiro atoms. The van der Waals surface area contributed by atoms with E-state index < -0.39 is 0 Å². The van der Waals surface area contributed by atoms with E-state index in [4.69, 9.17) is 9.26 Å². The monoisotopic (exact) mass is 377 g/mol. The maximum absolute atomic E-state index is 12.9. The Morgan fingerprint density at radius 2 is 1.75 bits per heavy atom. The van der Waals surface area contributed by atoms with Crippen LogP contribution in [0.3, 0.4) is 0 Å². The van der Waals surface area contributed by atoms with Crippen LogP contribution in [0, 0.1) is 0 Å². The Morgan fingerprint density at radius 1 is 1.04 bits per heavy atom. The summed E-state index contributed by atoms with van der Waals surface area (Å²) >= 11 is 0. The molecule has 1 saturated carbocycles. The summed E-state index contributed by atoms with van der Waals surface area (Å²) in [6.07, 6.45) is 5.65. The molecule has 1 aliphatic rings. The van der Waals surface area contributed by atoms with Gasteiger partial charge in [0.15, 0.2) is 0 Å². The highest BCUT2D eigenvalue weighted by Crippen LogP contribution is 2.30. The van der Waals surface area contributed by atoms with E-state index in [9.17, 15) is 4.79 Å². The molecule has 6 heteroatoms. The first-order valence-electron chi connectivity index (χ1n) is 9.63. The lowest BCUT2D eigenvalue weighted by Gasteiger charge is -2.23. The van der Waals surface area contributed by atoms with Gasteiger partial charge in [-0.3, -0.25) is 4.79 Å². The summed E-state index contributed by atoms with van der Waals surface area (Å²) in [5.74, 6) is 1.31. The lowest BCUT2D eigenvalue weighted by atomic mass is 9.95. The number of rotatable bonds is 5. The molecule has 0 atom stereocenters. The smallest absolute Gasteiger partial charge is 0.259 e. The molecule has 0 unspecified atom stereocenters. The predicted molar refractivity (Wildman–Crippen MR) is 106 cm³/mol. The fraction of sp³-hybridized carbons (Fsp3) is 0.318. The van der Waals surface area contributed by atoms with E-state index >= 15 is 0 Å². The molecule has 0 aliphatic heterocycles. The number of hydrogen-bond donors (Lipinski definition) is 1. The van der Waals surface area contributed by atoms with Gasteiger partial charge in [-0.25, -0.2) is 0 Å². The summed E-state index contributed by atoms with van der Waals surface area (Å²) < 4.78 is 10.9. The first-order valence-corrected chi connectivity index (χ1v) is 9.63. The van der Waals surface area contributed by atoms with Crippen molar-refractivity contribution >= 4 is 5.91 Å². The van der Waals surface area contributed by atoms with E-state index in [0.29, 0.717) is 28.6 Å². The molecular weight excluding hydrogens is 354 g/mol. The number of nitrogens with one attached hydrogen (secondary N) is 1. The molecule has 1 heterocycles. The first kappa shape index (κ1) is 18.2. The third-order valence-electron chi connectivity index (χ3n) is 5.12. The van der Waals surface area contributed by atoms with Crippen LogP contribution in [0.4, 0.5) is 0 Å². The van der Waals surface area contributed by atoms with Gasteiger partial charge in [0.2, 0.25) is 5.82 Å². The van der Waals surface area contributed by atoms with E-state index in [0.717, 1.165) is 18.4 Å². The largest absolute Gasteiger partial charge is 0.496 e. The number of ether oxygens (including phenoxy) is 1. The van der Waals surface area contributed by atoms with Crippen LogP contribution in [0.15, 0.2) is 53.1 Å². The number of amides is 1. The van der Waals surface area contributed by atoms with Crippen LogP contribution in [0.2, 0.25) is 0 Å². The molecule has 3 aromatic rings. The Balaban J connectivity index is 1.62. The summed E-state index contributed by atoms with van der Waals surface area (Å²) in [6.45, 7) is 0. The first-order chi connectivity index (χ1) is 13.8. The summed E-state index contributed by atoms with van der Waals surface area (Å²) in [5.41, 5.74) is 1.91. The SMILES string of the molecule is COc1ccccc1-c1noc(-c2ccccc2C(=O)NC2CCCCC2)n1. The van der Waals surface area contributed by atoms with E-state index in [1.165, 1.54) is 19.3 Å². The molecule has 1 N–H and O–H groups in total. The van der Waals surface area contributed by atoms with Gasteiger partial charge in [-0.1, -0.05) is 48.7 Å². The minimum Gasteiger partial charge on any atom is -0.496 e. The van der Waals surface area contributed by atoms with Gasteiger partial charge in [0.25, 0.3) is 11.8 Å². The Labute approximate surface area is 163 Å². The number of aromatic nitrogens is 2.